The zero-order valence-corrected chi connectivity index (χ0v) is 12.9. The van der Waals surface area contributed by atoms with E-state index in [4.69, 9.17) is 0 Å². The highest BCUT2D eigenvalue weighted by atomic mass is 32.2. The number of fused-ring (bicyclic) bond motifs is 1. The Bertz CT molecular complexity index is 996. The molecule has 22 heavy (non-hydrogen) atoms. The first kappa shape index (κ1) is 14.4. The van der Waals surface area contributed by atoms with Crippen molar-refractivity contribution in [2.45, 2.75) is 18.7 Å². The Morgan fingerprint density at radius 3 is 2.23 bits per heavy atom. The van der Waals surface area contributed by atoms with E-state index < -0.39 is 10.0 Å². The van der Waals surface area contributed by atoms with Crippen LogP contribution in [0, 0.1) is 13.8 Å². The van der Waals surface area contributed by atoms with Crippen molar-refractivity contribution in [1.29, 1.82) is 0 Å². The van der Waals surface area contributed by atoms with Gasteiger partial charge in [0.15, 0.2) is 0 Å². The fraction of sp³-hybridized carbons (Fsp3) is 0.133. The van der Waals surface area contributed by atoms with Gasteiger partial charge in [-0.1, -0.05) is 6.07 Å². The summed E-state index contributed by atoms with van der Waals surface area (Å²) in [6.07, 6.45) is 0. The molecule has 7 heteroatoms. The molecule has 0 fully saturated rings. The van der Waals surface area contributed by atoms with Crippen molar-refractivity contribution in [3.05, 3.63) is 58.0 Å². The Hall–Kier alpha value is -2.54. The van der Waals surface area contributed by atoms with Crippen LogP contribution in [0.5, 0.6) is 0 Å². The fourth-order valence-corrected chi connectivity index (χ4v) is 3.64. The van der Waals surface area contributed by atoms with Crippen molar-refractivity contribution in [1.82, 2.24) is 9.97 Å². The molecule has 0 spiro atoms. The maximum Gasteiger partial charge on any atom is 0.323 e. The summed E-state index contributed by atoms with van der Waals surface area (Å²) in [5.41, 5.74) is 2.99. The molecule has 0 unspecified atom stereocenters. The van der Waals surface area contributed by atoms with Gasteiger partial charge in [-0.3, -0.25) is 4.72 Å². The average molecular weight is 317 g/mol. The first-order chi connectivity index (χ1) is 10.3. The third-order valence-corrected chi connectivity index (χ3v) is 4.63. The monoisotopic (exact) mass is 317 g/mol. The topological polar surface area (TPSA) is 94.8 Å². The number of rotatable bonds is 3. The van der Waals surface area contributed by atoms with Crippen LogP contribution in [-0.4, -0.2) is 18.4 Å². The zero-order valence-electron chi connectivity index (χ0n) is 12.1. The summed E-state index contributed by atoms with van der Waals surface area (Å²) < 4.78 is 27.4. The van der Waals surface area contributed by atoms with E-state index in [9.17, 15) is 13.2 Å². The van der Waals surface area contributed by atoms with Gasteiger partial charge in [-0.05, 0) is 55.3 Å². The second-order valence-corrected chi connectivity index (χ2v) is 6.95. The molecule has 0 amide bonds. The molecule has 2 aromatic carbocycles. The van der Waals surface area contributed by atoms with Gasteiger partial charge in [0, 0.05) is 0 Å². The third-order valence-electron chi connectivity index (χ3n) is 3.27. The van der Waals surface area contributed by atoms with Crippen molar-refractivity contribution < 1.29 is 8.42 Å². The summed E-state index contributed by atoms with van der Waals surface area (Å²) in [5.74, 6) is 0. The van der Waals surface area contributed by atoms with E-state index in [0.717, 1.165) is 11.1 Å². The SMILES string of the molecule is Cc1cc(C)cc(S(=O)(=O)Nc2ccc3[nH]c(=O)[nH]c3c2)c1. The predicted octanol–water partition coefficient (Wildman–Crippen LogP) is 2.27. The molecule has 1 heterocycles. The van der Waals surface area contributed by atoms with Crippen LogP contribution in [0.4, 0.5) is 5.69 Å². The van der Waals surface area contributed by atoms with Gasteiger partial charge < -0.3 is 9.97 Å². The average Bonchev–Trinajstić information content (AvgIpc) is 2.76. The highest BCUT2D eigenvalue weighted by Gasteiger charge is 2.15. The van der Waals surface area contributed by atoms with Gasteiger partial charge in [0.05, 0.1) is 21.6 Å². The molecule has 0 aliphatic heterocycles. The van der Waals surface area contributed by atoms with Crippen LogP contribution in [0.2, 0.25) is 0 Å². The first-order valence-corrected chi connectivity index (χ1v) is 8.15. The van der Waals surface area contributed by atoms with Crippen molar-refractivity contribution in [3.8, 4) is 0 Å². The molecule has 3 rings (SSSR count). The molecular weight excluding hydrogens is 302 g/mol. The summed E-state index contributed by atoms with van der Waals surface area (Å²) >= 11 is 0. The van der Waals surface area contributed by atoms with E-state index in [2.05, 4.69) is 14.7 Å². The van der Waals surface area contributed by atoms with Gasteiger partial charge in [-0.15, -0.1) is 0 Å². The van der Waals surface area contributed by atoms with Gasteiger partial charge in [0.25, 0.3) is 10.0 Å². The minimum Gasteiger partial charge on any atom is -0.306 e. The van der Waals surface area contributed by atoms with Crippen LogP contribution < -0.4 is 10.4 Å². The largest absolute Gasteiger partial charge is 0.323 e. The molecule has 3 N–H and O–H groups in total. The molecule has 6 nitrogen and oxygen atoms in total. The van der Waals surface area contributed by atoms with E-state index in [1.54, 1.807) is 30.3 Å². The minimum absolute atomic E-state index is 0.215. The molecule has 1 aromatic heterocycles. The van der Waals surface area contributed by atoms with Crippen LogP contribution in [0.3, 0.4) is 0 Å². The zero-order chi connectivity index (χ0) is 15.9. The molecule has 0 aliphatic rings. The molecule has 114 valence electrons. The first-order valence-electron chi connectivity index (χ1n) is 6.67. The maximum absolute atomic E-state index is 12.5. The standard InChI is InChI=1S/C15H15N3O3S/c1-9-5-10(2)7-12(6-9)22(20,21)18-11-3-4-13-14(8-11)17-15(19)16-13/h3-8,18H,1-2H3,(H2,16,17,19). The summed E-state index contributed by atoms with van der Waals surface area (Å²) in [7, 11) is -3.67. The normalized spacial score (nSPS) is 11.7. The lowest BCUT2D eigenvalue weighted by atomic mass is 10.2. The lowest BCUT2D eigenvalue weighted by Gasteiger charge is -2.09. The van der Waals surface area contributed by atoms with E-state index in [1.165, 1.54) is 0 Å². The molecule has 0 saturated heterocycles. The summed E-state index contributed by atoms with van der Waals surface area (Å²) in [5, 5.41) is 0. The number of anilines is 1. The fourth-order valence-electron chi connectivity index (χ4n) is 2.40. The Labute approximate surface area is 127 Å². The molecule has 0 radical (unpaired) electrons. The number of sulfonamides is 1. The molecule has 0 aliphatic carbocycles. The van der Waals surface area contributed by atoms with E-state index in [-0.39, 0.29) is 10.6 Å². The highest BCUT2D eigenvalue weighted by molar-refractivity contribution is 7.92. The van der Waals surface area contributed by atoms with Crippen molar-refractivity contribution >= 4 is 26.7 Å². The van der Waals surface area contributed by atoms with Gasteiger partial charge >= 0.3 is 5.69 Å². The van der Waals surface area contributed by atoms with Gasteiger partial charge in [0.2, 0.25) is 0 Å². The number of nitrogens with one attached hydrogen (secondary N) is 3. The second kappa shape index (κ2) is 5.03. The number of hydrogen-bond acceptors (Lipinski definition) is 3. The minimum atomic E-state index is -3.67. The van der Waals surface area contributed by atoms with Crippen LogP contribution in [0.15, 0.2) is 46.1 Å². The lowest BCUT2D eigenvalue weighted by molar-refractivity contribution is 0.601. The van der Waals surface area contributed by atoms with Gasteiger partial charge in [-0.2, -0.15) is 0 Å². The Morgan fingerprint density at radius 1 is 0.909 bits per heavy atom. The van der Waals surface area contributed by atoms with Gasteiger partial charge in [-0.25, -0.2) is 13.2 Å². The molecule has 3 aromatic rings. The number of aromatic amines is 2. The van der Waals surface area contributed by atoms with E-state index in [0.29, 0.717) is 16.7 Å². The number of aromatic nitrogens is 2. The smallest absolute Gasteiger partial charge is 0.306 e. The van der Waals surface area contributed by atoms with Crippen molar-refractivity contribution in [2.75, 3.05) is 4.72 Å². The van der Waals surface area contributed by atoms with Gasteiger partial charge in [0.1, 0.15) is 0 Å². The second-order valence-electron chi connectivity index (χ2n) is 5.27. The predicted molar refractivity (Wildman–Crippen MR) is 85.6 cm³/mol. The van der Waals surface area contributed by atoms with Crippen LogP contribution >= 0.6 is 0 Å². The summed E-state index contributed by atoms with van der Waals surface area (Å²) in [4.78, 5) is 16.7. The summed E-state index contributed by atoms with van der Waals surface area (Å²) in [6, 6.07) is 9.97. The van der Waals surface area contributed by atoms with Crippen molar-refractivity contribution in [3.63, 3.8) is 0 Å². The third kappa shape index (κ3) is 2.75. The Kier molecular flexibility index (Phi) is 3.29. The highest BCUT2D eigenvalue weighted by Crippen LogP contribution is 2.20. The molecule has 0 saturated carbocycles. The molecule has 0 atom stereocenters. The Morgan fingerprint density at radius 2 is 1.55 bits per heavy atom. The van der Waals surface area contributed by atoms with Crippen LogP contribution in [0.25, 0.3) is 11.0 Å². The van der Waals surface area contributed by atoms with Crippen LogP contribution in [0.1, 0.15) is 11.1 Å². The number of imidazole rings is 1. The maximum atomic E-state index is 12.5. The van der Waals surface area contributed by atoms with E-state index >= 15 is 0 Å². The Balaban J connectivity index is 2.00. The molecular formula is C15H15N3O3S. The molecule has 0 bridgehead atoms. The summed E-state index contributed by atoms with van der Waals surface area (Å²) in [6.45, 7) is 3.70. The quantitative estimate of drug-likeness (QED) is 0.691. The lowest BCUT2D eigenvalue weighted by Crippen LogP contribution is -2.13. The van der Waals surface area contributed by atoms with E-state index in [1.807, 2.05) is 19.9 Å². The number of hydrogen-bond donors (Lipinski definition) is 3. The number of H-pyrrole nitrogens is 2. The number of aryl methyl sites for hydroxylation is 2. The van der Waals surface area contributed by atoms with Crippen LogP contribution in [-0.2, 0) is 10.0 Å². The number of benzene rings is 2. The van der Waals surface area contributed by atoms with Crippen molar-refractivity contribution in [2.24, 2.45) is 0 Å².